The van der Waals surface area contributed by atoms with E-state index in [1.54, 1.807) is 0 Å². The molecule has 0 saturated carbocycles. The molecule has 1 fully saturated rings. The van der Waals surface area contributed by atoms with Gasteiger partial charge in [-0.2, -0.15) is 0 Å². The normalized spacial score (nSPS) is 19.7. The zero-order valence-electron chi connectivity index (χ0n) is 9.19. The van der Waals surface area contributed by atoms with Gasteiger partial charge in [0.1, 0.15) is 0 Å². The zero-order valence-corrected chi connectivity index (χ0v) is 10.8. The van der Waals surface area contributed by atoms with Crippen LogP contribution in [0, 0.1) is 0 Å². The second-order valence-corrected chi connectivity index (χ2v) is 5.06. The molecule has 0 aliphatic carbocycles. The average Bonchev–Trinajstić information content (AvgIpc) is 3.00. The Labute approximate surface area is 108 Å². The molecular formula is C12H12BrN3O. The maximum atomic E-state index is 5.72. The van der Waals surface area contributed by atoms with E-state index in [0.29, 0.717) is 11.8 Å². The van der Waals surface area contributed by atoms with E-state index in [4.69, 9.17) is 4.42 Å². The molecule has 1 aromatic heterocycles. The van der Waals surface area contributed by atoms with E-state index in [1.165, 1.54) is 0 Å². The summed E-state index contributed by atoms with van der Waals surface area (Å²) in [5, 5.41) is 11.5. The van der Waals surface area contributed by atoms with Crippen LogP contribution in [0.25, 0.3) is 11.5 Å². The van der Waals surface area contributed by atoms with Crippen molar-refractivity contribution in [3.63, 3.8) is 0 Å². The highest BCUT2D eigenvalue weighted by atomic mass is 79.9. The van der Waals surface area contributed by atoms with Gasteiger partial charge in [0.15, 0.2) is 0 Å². The lowest BCUT2D eigenvalue weighted by molar-refractivity contribution is 0.467. The SMILES string of the molecule is Brc1ccc(-c2nnc(C3CCNC3)o2)cc1. The van der Waals surface area contributed by atoms with Crippen molar-refractivity contribution < 1.29 is 4.42 Å². The molecule has 1 aliphatic rings. The van der Waals surface area contributed by atoms with E-state index in [9.17, 15) is 0 Å². The molecule has 88 valence electrons. The highest BCUT2D eigenvalue weighted by molar-refractivity contribution is 9.10. The minimum atomic E-state index is 0.367. The summed E-state index contributed by atoms with van der Waals surface area (Å²) >= 11 is 3.40. The van der Waals surface area contributed by atoms with Crippen molar-refractivity contribution in [3.05, 3.63) is 34.6 Å². The summed E-state index contributed by atoms with van der Waals surface area (Å²) in [6.45, 7) is 1.96. The van der Waals surface area contributed by atoms with Gasteiger partial charge in [-0.3, -0.25) is 0 Å². The van der Waals surface area contributed by atoms with Gasteiger partial charge in [0.2, 0.25) is 11.8 Å². The first kappa shape index (κ1) is 10.9. The van der Waals surface area contributed by atoms with Crippen LogP contribution in [0.15, 0.2) is 33.2 Å². The van der Waals surface area contributed by atoms with Gasteiger partial charge in [-0.1, -0.05) is 15.9 Å². The predicted molar refractivity (Wildman–Crippen MR) is 67.7 cm³/mol. The van der Waals surface area contributed by atoms with E-state index >= 15 is 0 Å². The molecule has 4 nitrogen and oxygen atoms in total. The van der Waals surface area contributed by atoms with Gasteiger partial charge in [0, 0.05) is 16.6 Å². The number of rotatable bonds is 2. The van der Waals surface area contributed by atoms with Gasteiger partial charge in [-0.05, 0) is 37.2 Å². The Hall–Kier alpha value is -1.20. The minimum Gasteiger partial charge on any atom is -0.420 e. The van der Waals surface area contributed by atoms with E-state index in [-0.39, 0.29) is 0 Å². The summed E-state index contributed by atoms with van der Waals surface area (Å²) < 4.78 is 6.76. The summed E-state index contributed by atoms with van der Waals surface area (Å²) in [5.41, 5.74) is 0.956. The molecule has 2 aromatic rings. The summed E-state index contributed by atoms with van der Waals surface area (Å²) in [7, 11) is 0. The maximum Gasteiger partial charge on any atom is 0.247 e. The second kappa shape index (κ2) is 4.58. The monoisotopic (exact) mass is 293 g/mol. The van der Waals surface area contributed by atoms with Crippen LogP contribution in [-0.4, -0.2) is 23.3 Å². The van der Waals surface area contributed by atoms with E-state index in [2.05, 4.69) is 31.4 Å². The number of benzene rings is 1. The first-order valence-corrected chi connectivity index (χ1v) is 6.42. The Kier molecular flexibility index (Phi) is 2.94. The molecule has 1 saturated heterocycles. The highest BCUT2D eigenvalue weighted by Gasteiger charge is 2.22. The number of hydrogen-bond donors (Lipinski definition) is 1. The van der Waals surface area contributed by atoms with Gasteiger partial charge in [-0.25, -0.2) is 0 Å². The number of hydrogen-bond acceptors (Lipinski definition) is 4. The quantitative estimate of drug-likeness (QED) is 0.925. The first-order valence-electron chi connectivity index (χ1n) is 5.63. The third-order valence-electron chi connectivity index (χ3n) is 2.94. The smallest absolute Gasteiger partial charge is 0.247 e. The fourth-order valence-corrected chi connectivity index (χ4v) is 2.24. The molecule has 1 aromatic carbocycles. The standard InChI is InChI=1S/C12H12BrN3O/c13-10-3-1-8(2-4-10)11-15-16-12(17-11)9-5-6-14-7-9/h1-4,9,14H,5-7H2. The van der Waals surface area contributed by atoms with Crippen molar-refractivity contribution in [1.82, 2.24) is 15.5 Å². The molecular weight excluding hydrogens is 282 g/mol. The fourth-order valence-electron chi connectivity index (χ4n) is 1.97. The van der Waals surface area contributed by atoms with Crippen molar-refractivity contribution in [1.29, 1.82) is 0 Å². The van der Waals surface area contributed by atoms with Crippen molar-refractivity contribution >= 4 is 15.9 Å². The second-order valence-electron chi connectivity index (χ2n) is 4.14. The van der Waals surface area contributed by atoms with Crippen LogP contribution >= 0.6 is 15.9 Å². The third kappa shape index (κ3) is 2.25. The number of halogens is 1. The van der Waals surface area contributed by atoms with Gasteiger partial charge in [0.25, 0.3) is 0 Å². The Morgan fingerprint density at radius 1 is 1.24 bits per heavy atom. The number of aromatic nitrogens is 2. The molecule has 1 unspecified atom stereocenters. The number of nitrogens with one attached hydrogen (secondary N) is 1. The molecule has 17 heavy (non-hydrogen) atoms. The first-order chi connectivity index (χ1) is 8.33. The highest BCUT2D eigenvalue weighted by Crippen LogP contribution is 2.25. The Morgan fingerprint density at radius 3 is 2.76 bits per heavy atom. The largest absolute Gasteiger partial charge is 0.420 e. The average molecular weight is 294 g/mol. The van der Waals surface area contributed by atoms with E-state index < -0.39 is 0 Å². The Morgan fingerprint density at radius 2 is 2.06 bits per heavy atom. The van der Waals surface area contributed by atoms with Gasteiger partial charge < -0.3 is 9.73 Å². The van der Waals surface area contributed by atoms with Gasteiger partial charge in [0.05, 0.1) is 5.92 Å². The van der Waals surface area contributed by atoms with E-state index in [0.717, 1.165) is 35.4 Å². The third-order valence-corrected chi connectivity index (χ3v) is 3.47. The van der Waals surface area contributed by atoms with Gasteiger partial charge in [-0.15, -0.1) is 10.2 Å². The minimum absolute atomic E-state index is 0.367. The lowest BCUT2D eigenvalue weighted by atomic mass is 10.1. The predicted octanol–water partition coefficient (Wildman–Crippen LogP) is 2.58. The summed E-state index contributed by atoms with van der Waals surface area (Å²) in [5.74, 6) is 1.71. The fraction of sp³-hybridized carbons (Fsp3) is 0.333. The van der Waals surface area contributed by atoms with Crippen LogP contribution in [-0.2, 0) is 0 Å². The van der Waals surface area contributed by atoms with Gasteiger partial charge >= 0.3 is 0 Å². The molecule has 0 spiro atoms. The molecule has 2 heterocycles. The van der Waals surface area contributed by atoms with Crippen molar-refractivity contribution in [2.45, 2.75) is 12.3 Å². The summed E-state index contributed by atoms with van der Waals surface area (Å²) in [4.78, 5) is 0. The summed E-state index contributed by atoms with van der Waals surface area (Å²) in [6.07, 6.45) is 1.07. The lowest BCUT2D eigenvalue weighted by Crippen LogP contribution is -2.08. The molecule has 1 atom stereocenters. The Balaban J connectivity index is 1.86. The molecule has 5 heteroatoms. The van der Waals surface area contributed by atoms with E-state index in [1.807, 2.05) is 24.3 Å². The molecule has 0 bridgehead atoms. The van der Waals surface area contributed by atoms with Crippen LogP contribution in [0.3, 0.4) is 0 Å². The summed E-state index contributed by atoms with van der Waals surface area (Å²) in [6, 6.07) is 7.87. The molecule has 3 rings (SSSR count). The van der Waals surface area contributed by atoms with Crippen LogP contribution in [0.2, 0.25) is 0 Å². The lowest BCUT2D eigenvalue weighted by Gasteiger charge is -1.99. The van der Waals surface area contributed by atoms with Crippen LogP contribution in [0.4, 0.5) is 0 Å². The topological polar surface area (TPSA) is 51.0 Å². The van der Waals surface area contributed by atoms with Crippen molar-refractivity contribution in [2.24, 2.45) is 0 Å². The van der Waals surface area contributed by atoms with Crippen LogP contribution in [0.1, 0.15) is 18.2 Å². The Bertz CT molecular complexity index is 503. The molecule has 1 aliphatic heterocycles. The van der Waals surface area contributed by atoms with Crippen LogP contribution < -0.4 is 5.32 Å². The zero-order chi connectivity index (χ0) is 11.7. The van der Waals surface area contributed by atoms with Crippen molar-refractivity contribution in [2.75, 3.05) is 13.1 Å². The van der Waals surface area contributed by atoms with Crippen molar-refractivity contribution in [3.8, 4) is 11.5 Å². The number of nitrogens with zero attached hydrogens (tertiary/aromatic N) is 2. The molecule has 0 amide bonds. The molecule has 1 N–H and O–H groups in total. The maximum absolute atomic E-state index is 5.72. The molecule has 0 radical (unpaired) electrons. The van der Waals surface area contributed by atoms with Crippen LogP contribution in [0.5, 0.6) is 0 Å².